The second kappa shape index (κ2) is 6.62. The highest BCUT2D eigenvalue weighted by Gasteiger charge is 2.12. The second-order valence-corrected chi connectivity index (χ2v) is 7.29. The molecule has 0 aliphatic carbocycles. The zero-order chi connectivity index (χ0) is 16.3. The van der Waals surface area contributed by atoms with Crippen LogP contribution in [0.2, 0.25) is 0 Å². The fraction of sp³-hybridized carbons (Fsp3) is 0.375. The van der Waals surface area contributed by atoms with Gasteiger partial charge in [0.2, 0.25) is 10.0 Å². The Morgan fingerprint density at radius 1 is 1.18 bits per heavy atom. The van der Waals surface area contributed by atoms with Crippen LogP contribution in [0.4, 0.5) is 4.39 Å². The molecule has 120 valence electrons. The van der Waals surface area contributed by atoms with E-state index in [0.717, 1.165) is 17.0 Å². The molecule has 1 aromatic heterocycles. The van der Waals surface area contributed by atoms with Crippen LogP contribution in [0.5, 0.6) is 0 Å². The van der Waals surface area contributed by atoms with Gasteiger partial charge in [-0.05, 0) is 49.6 Å². The van der Waals surface area contributed by atoms with Crippen LogP contribution in [-0.2, 0) is 29.2 Å². The minimum absolute atomic E-state index is 0.139. The zero-order valence-electron chi connectivity index (χ0n) is 13.1. The standard InChI is InChI=1S/C16H21FN2O2S/c1-12-10-15(13(2)19(12)3)8-9-18-22(20,21)11-14-4-6-16(17)7-5-14/h4-7,10,18H,8-9,11H2,1-3H3. The predicted molar refractivity (Wildman–Crippen MR) is 85.6 cm³/mol. The quantitative estimate of drug-likeness (QED) is 0.887. The Balaban J connectivity index is 1.92. The molecule has 1 heterocycles. The smallest absolute Gasteiger partial charge is 0.215 e. The van der Waals surface area contributed by atoms with Crippen molar-refractivity contribution in [2.24, 2.45) is 7.05 Å². The Kier molecular flexibility index (Phi) is 5.03. The lowest BCUT2D eigenvalue weighted by molar-refractivity contribution is 0.580. The van der Waals surface area contributed by atoms with Crippen LogP contribution in [0.1, 0.15) is 22.5 Å². The van der Waals surface area contributed by atoms with Gasteiger partial charge in [-0.3, -0.25) is 0 Å². The van der Waals surface area contributed by atoms with Crippen molar-refractivity contribution >= 4 is 10.0 Å². The summed E-state index contributed by atoms with van der Waals surface area (Å²) in [4.78, 5) is 0. The van der Waals surface area contributed by atoms with Crippen molar-refractivity contribution in [2.75, 3.05) is 6.54 Å². The summed E-state index contributed by atoms with van der Waals surface area (Å²) >= 11 is 0. The molecule has 2 aromatic rings. The van der Waals surface area contributed by atoms with E-state index in [1.54, 1.807) is 0 Å². The molecule has 0 saturated carbocycles. The summed E-state index contributed by atoms with van der Waals surface area (Å²) in [5, 5.41) is 0. The van der Waals surface area contributed by atoms with Crippen LogP contribution in [0.15, 0.2) is 30.3 Å². The maximum Gasteiger partial charge on any atom is 0.215 e. The van der Waals surface area contributed by atoms with Gasteiger partial charge in [0.15, 0.2) is 0 Å². The van der Waals surface area contributed by atoms with Crippen LogP contribution in [0.3, 0.4) is 0 Å². The van der Waals surface area contributed by atoms with Crippen molar-refractivity contribution in [1.29, 1.82) is 0 Å². The Bertz CT molecular complexity index is 749. The molecule has 0 fully saturated rings. The molecular formula is C16H21FN2O2S. The Morgan fingerprint density at radius 2 is 1.82 bits per heavy atom. The Morgan fingerprint density at radius 3 is 2.36 bits per heavy atom. The van der Waals surface area contributed by atoms with Gasteiger partial charge in [0.1, 0.15) is 5.82 Å². The van der Waals surface area contributed by atoms with Crippen LogP contribution in [0.25, 0.3) is 0 Å². The monoisotopic (exact) mass is 324 g/mol. The van der Waals surface area contributed by atoms with Gasteiger partial charge in [0.05, 0.1) is 5.75 Å². The van der Waals surface area contributed by atoms with Crippen molar-refractivity contribution in [3.8, 4) is 0 Å². The number of benzene rings is 1. The van der Waals surface area contributed by atoms with E-state index in [0.29, 0.717) is 18.5 Å². The first-order valence-electron chi connectivity index (χ1n) is 7.12. The molecule has 0 radical (unpaired) electrons. The van der Waals surface area contributed by atoms with E-state index in [1.807, 2.05) is 20.9 Å². The highest BCUT2D eigenvalue weighted by Crippen LogP contribution is 2.13. The minimum atomic E-state index is -3.41. The highest BCUT2D eigenvalue weighted by atomic mass is 32.2. The van der Waals surface area contributed by atoms with Crippen LogP contribution >= 0.6 is 0 Å². The van der Waals surface area contributed by atoms with Crippen molar-refractivity contribution < 1.29 is 12.8 Å². The van der Waals surface area contributed by atoms with E-state index in [-0.39, 0.29) is 11.6 Å². The summed E-state index contributed by atoms with van der Waals surface area (Å²) in [7, 11) is -1.42. The molecule has 1 aromatic carbocycles. The second-order valence-electron chi connectivity index (χ2n) is 5.49. The number of aryl methyl sites for hydroxylation is 1. The normalized spacial score (nSPS) is 11.8. The van der Waals surface area contributed by atoms with E-state index in [4.69, 9.17) is 0 Å². The molecule has 4 nitrogen and oxygen atoms in total. The maximum atomic E-state index is 12.8. The Hall–Kier alpha value is -1.66. The molecule has 0 bridgehead atoms. The highest BCUT2D eigenvalue weighted by molar-refractivity contribution is 7.88. The number of aromatic nitrogens is 1. The number of nitrogens with zero attached hydrogens (tertiary/aromatic N) is 1. The van der Waals surface area contributed by atoms with Gasteiger partial charge in [-0.2, -0.15) is 0 Å². The number of hydrogen-bond donors (Lipinski definition) is 1. The summed E-state index contributed by atoms with van der Waals surface area (Å²) in [5.41, 5.74) is 4.02. The molecular weight excluding hydrogens is 303 g/mol. The fourth-order valence-electron chi connectivity index (χ4n) is 2.38. The number of sulfonamides is 1. The van der Waals surface area contributed by atoms with E-state index >= 15 is 0 Å². The van der Waals surface area contributed by atoms with E-state index < -0.39 is 10.0 Å². The summed E-state index contributed by atoms with van der Waals surface area (Å²) in [6.07, 6.45) is 0.649. The number of halogens is 1. The lowest BCUT2D eigenvalue weighted by Gasteiger charge is -2.07. The molecule has 0 aliphatic heterocycles. The van der Waals surface area contributed by atoms with Crippen LogP contribution in [-0.4, -0.2) is 19.5 Å². The van der Waals surface area contributed by atoms with Gasteiger partial charge in [-0.25, -0.2) is 17.5 Å². The van der Waals surface area contributed by atoms with Gasteiger partial charge in [0, 0.05) is 25.0 Å². The molecule has 0 aliphatic rings. The van der Waals surface area contributed by atoms with Gasteiger partial charge >= 0.3 is 0 Å². The first-order valence-corrected chi connectivity index (χ1v) is 8.77. The number of nitrogens with one attached hydrogen (secondary N) is 1. The summed E-state index contributed by atoms with van der Waals surface area (Å²) < 4.78 is 41.5. The van der Waals surface area contributed by atoms with Crippen LogP contribution in [0, 0.1) is 19.7 Å². The number of rotatable bonds is 6. The van der Waals surface area contributed by atoms with Crippen LogP contribution < -0.4 is 4.72 Å². The molecule has 0 saturated heterocycles. The molecule has 2 rings (SSSR count). The molecule has 0 amide bonds. The topological polar surface area (TPSA) is 51.1 Å². The SMILES string of the molecule is Cc1cc(CCNS(=O)(=O)Cc2ccc(F)cc2)c(C)n1C. The van der Waals surface area contributed by atoms with E-state index in [1.165, 1.54) is 24.3 Å². The average Bonchev–Trinajstić information content (AvgIpc) is 2.69. The predicted octanol–water partition coefficient (Wildman–Crippen LogP) is 2.44. The summed E-state index contributed by atoms with van der Waals surface area (Å²) in [6.45, 7) is 4.40. The lowest BCUT2D eigenvalue weighted by atomic mass is 10.2. The van der Waals surface area contributed by atoms with Gasteiger partial charge in [0.25, 0.3) is 0 Å². The van der Waals surface area contributed by atoms with Crippen molar-refractivity contribution in [1.82, 2.24) is 9.29 Å². The summed E-state index contributed by atoms with van der Waals surface area (Å²) in [6, 6.07) is 7.57. The van der Waals surface area contributed by atoms with Gasteiger partial charge < -0.3 is 4.57 Å². The van der Waals surface area contributed by atoms with Gasteiger partial charge in [-0.15, -0.1) is 0 Å². The third kappa shape index (κ3) is 4.18. The molecule has 1 N–H and O–H groups in total. The van der Waals surface area contributed by atoms with Crippen molar-refractivity contribution in [2.45, 2.75) is 26.0 Å². The molecule has 0 atom stereocenters. The van der Waals surface area contributed by atoms with Crippen molar-refractivity contribution in [3.05, 3.63) is 58.7 Å². The first-order chi connectivity index (χ1) is 10.3. The summed E-state index contributed by atoms with van der Waals surface area (Å²) in [5.74, 6) is -0.510. The minimum Gasteiger partial charge on any atom is -0.352 e. The molecule has 6 heteroatoms. The lowest BCUT2D eigenvalue weighted by Crippen LogP contribution is -2.27. The zero-order valence-corrected chi connectivity index (χ0v) is 13.9. The third-order valence-corrected chi connectivity index (χ3v) is 5.22. The van der Waals surface area contributed by atoms with E-state index in [9.17, 15) is 12.8 Å². The Labute approximate surface area is 131 Å². The van der Waals surface area contributed by atoms with E-state index in [2.05, 4.69) is 15.4 Å². The average molecular weight is 324 g/mol. The maximum absolute atomic E-state index is 12.8. The largest absolute Gasteiger partial charge is 0.352 e. The number of hydrogen-bond acceptors (Lipinski definition) is 2. The molecule has 0 spiro atoms. The molecule has 22 heavy (non-hydrogen) atoms. The van der Waals surface area contributed by atoms with Crippen molar-refractivity contribution in [3.63, 3.8) is 0 Å². The molecule has 0 unspecified atom stereocenters. The van der Waals surface area contributed by atoms with Gasteiger partial charge in [-0.1, -0.05) is 12.1 Å². The fourth-order valence-corrected chi connectivity index (χ4v) is 3.53. The first kappa shape index (κ1) is 16.7. The third-order valence-electron chi connectivity index (χ3n) is 3.87.